The molecule has 96 valence electrons. The molecule has 0 aromatic heterocycles. The molecular formula is C13H26O3. The third-order valence-corrected chi connectivity index (χ3v) is 4.00. The summed E-state index contributed by atoms with van der Waals surface area (Å²) in [6.45, 7) is 10.8. The predicted molar refractivity (Wildman–Crippen MR) is 65.2 cm³/mol. The summed E-state index contributed by atoms with van der Waals surface area (Å²) in [4.78, 5) is 12.2. The highest BCUT2D eigenvalue weighted by Crippen LogP contribution is 2.48. The van der Waals surface area contributed by atoms with Gasteiger partial charge in [0.2, 0.25) is 0 Å². The molecule has 0 amide bonds. The molecular weight excluding hydrogens is 204 g/mol. The molecule has 0 aliphatic carbocycles. The lowest BCUT2D eigenvalue weighted by atomic mass is 9.59. The van der Waals surface area contributed by atoms with Crippen molar-refractivity contribution in [2.75, 3.05) is 20.8 Å². The maximum Gasteiger partial charge on any atom is 0.314 e. The molecule has 0 heterocycles. The third-order valence-electron chi connectivity index (χ3n) is 4.00. The van der Waals surface area contributed by atoms with Crippen LogP contribution >= 0.6 is 0 Å². The van der Waals surface area contributed by atoms with Crippen molar-refractivity contribution in [3.8, 4) is 0 Å². The van der Waals surface area contributed by atoms with Crippen LogP contribution in [0.3, 0.4) is 0 Å². The Balaban J connectivity index is 5.52. The van der Waals surface area contributed by atoms with Crippen LogP contribution in [0.15, 0.2) is 0 Å². The summed E-state index contributed by atoms with van der Waals surface area (Å²) in [5, 5.41) is 0. The summed E-state index contributed by atoms with van der Waals surface area (Å²) in [7, 11) is 3.08. The summed E-state index contributed by atoms with van der Waals surface area (Å²) < 4.78 is 10.3. The average Bonchev–Trinajstić information content (AvgIpc) is 2.23. The largest absolute Gasteiger partial charge is 0.469 e. The van der Waals surface area contributed by atoms with Gasteiger partial charge < -0.3 is 9.47 Å². The fourth-order valence-corrected chi connectivity index (χ4v) is 2.44. The zero-order valence-electron chi connectivity index (χ0n) is 11.7. The van der Waals surface area contributed by atoms with Gasteiger partial charge in [-0.1, -0.05) is 34.6 Å². The van der Waals surface area contributed by atoms with Gasteiger partial charge in [0.05, 0.1) is 19.1 Å². The Bertz CT molecular complexity index is 233. The zero-order chi connectivity index (χ0) is 13.0. The summed E-state index contributed by atoms with van der Waals surface area (Å²) in [5.41, 5.74) is -0.727. The molecule has 0 aromatic carbocycles. The normalized spacial score (nSPS) is 16.0. The fraction of sp³-hybridized carbons (Fsp3) is 0.923. The molecule has 0 saturated heterocycles. The van der Waals surface area contributed by atoms with Crippen molar-refractivity contribution in [3.05, 3.63) is 0 Å². The second-order valence-corrected chi connectivity index (χ2v) is 5.29. The number of rotatable bonds is 6. The van der Waals surface area contributed by atoms with E-state index in [2.05, 4.69) is 20.8 Å². The molecule has 1 unspecified atom stereocenters. The molecule has 0 N–H and O–H groups in total. The van der Waals surface area contributed by atoms with Crippen molar-refractivity contribution in [2.24, 2.45) is 16.7 Å². The van der Waals surface area contributed by atoms with Crippen LogP contribution in [0.2, 0.25) is 0 Å². The maximum absolute atomic E-state index is 12.2. The molecule has 0 radical (unpaired) electrons. The van der Waals surface area contributed by atoms with Crippen molar-refractivity contribution in [1.82, 2.24) is 0 Å². The van der Waals surface area contributed by atoms with E-state index in [0.29, 0.717) is 6.61 Å². The smallest absolute Gasteiger partial charge is 0.314 e. The minimum absolute atomic E-state index is 0.149. The van der Waals surface area contributed by atoms with Gasteiger partial charge in [0.15, 0.2) is 0 Å². The van der Waals surface area contributed by atoms with E-state index in [1.807, 2.05) is 13.8 Å². The molecule has 1 atom stereocenters. The summed E-state index contributed by atoms with van der Waals surface area (Å²) in [6, 6.07) is 0. The van der Waals surface area contributed by atoms with Gasteiger partial charge in [0.1, 0.15) is 0 Å². The molecule has 0 aliphatic rings. The van der Waals surface area contributed by atoms with Gasteiger partial charge in [-0.05, 0) is 17.8 Å². The lowest BCUT2D eigenvalue weighted by Gasteiger charge is -2.46. The number of carbonyl (C=O) groups excluding carboxylic acids is 1. The Morgan fingerprint density at radius 1 is 1.25 bits per heavy atom. The van der Waals surface area contributed by atoms with Gasteiger partial charge in [-0.3, -0.25) is 4.79 Å². The van der Waals surface area contributed by atoms with Gasteiger partial charge in [0, 0.05) is 7.11 Å². The zero-order valence-corrected chi connectivity index (χ0v) is 11.7. The van der Waals surface area contributed by atoms with Gasteiger partial charge in [-0.2, -0.15) is 0 Å². The average molecular weight is 230 g/mol. The first kappa shape index (κ1) is 15.4. The van der Waals surface area contributed by atoms with Crippen LogP contribution in [0.4, 0.5) is 0 Å². The van der Waals surface area contributed by atoms with E-state index in [1.54, 1.807) is 7.11 Å². The SMILES string of the molecule is CCC(C)(C)C(COC)(C(=O)OC)C(C)C. The summed E-state index contributed by atoms with van der Waals surface area (Å²) in [5.74, 6) is 0.00560. The quantitative estimate of drug-likeness (QED) is 0.658. The van der Waals surface area contributed by atoms with Crippen molar-refractivity contribution in [1.29, 1.82) is 0 Å². The standard InChI is InChI=1S/C13H26O3/c1-8-12(4,5)13(9-15-6,10(2)3)11(14)16-7/h10H,8-9H2,1-7H3. The minimum atomic E-state index is -0.578. The fourth-order valence-electron chi connectivity index (χ4n) is 2.44. The van der Waals surface area contributed by atoms with Gasteiger partial charge >= 0.3 is 5.97 Å². The molecule has 0 rings (SSSR count). The van der Waals surface area contributed by atoms with Crippen LogP contribution in [0.1, 0.15) is 41.0 Å². The van der Waals surface area contributed by atoms with Crippen LogP contribution < -0.4 is 0 Å². The van der Waals surface area contributed by atoms with E-state index in [1.165, 1.54) is 7.11 Å². The number of methoxy groups -OCH3 is 2. The number of hydrogen-bond donors (Lipinski definition) is 0. The maximum atomic E-state index is 12.2. The highest BCUT2D eigenvalue weighted by atomic mass is 16.5. The number of carbonyl (C=O) groups is 1. The van der Waals surface area contributed by atoms with E-state index < -0.39 is 5.41 Å². The van der Waals surface area contributed by atoms with Crippen LogP contribution in [-0.2, 0) is 14.3 Å². The van der Waals surface area contributed by atoms with E-state index in [4.69, 9.17) is 9.47 Å². The summed E-state index contributed by atoms with van der Waals surface area (Å²) >= 11 is 0. The lowest BCUT2D eigenvalue weighted by Crippen LogP contribution is -2.52. The molecule has 0 fully saturated rings. The van der Waals surface area contributed by atoms with E-state index >= 15 is 0 Å². The molecule has 0 spiro atoms. The molecule has 0 aromatic rings. The molecule has 0 bridgehead atoms. The first-order valence-electron chi connectivity index (χ1n) is 5.87. The number of ether oxygens (including phenoxy) is 2. The van der Waals surface area contributed by atoms with Crippen LogP contribution in [0, 0.1) is 16.7 Å². The first-order valence-corrected chi connectivity index (χ1v) is 5.87. The molecule has 3 nitrogen and oxygen atoms in total. The van der Waals surface area contributed by atoms with E-state index in [9.17, 15) is 4.79 Å². The van der Waals surface area contributed by atoms with Crippen LogP contribution in [0.5, 0.6) is 0 Å². The summed E-state index contributed by atoms with van der Waals surface area (Å²) in [6.07, 6.45) is 0.906. The Morgan fingerprint density at radius 2 is 1.75 bits per heavy atom. The Morgan fingerprint density at radius 3 is 2.00 bits per heavy atom. The Kier molecular flexibility index (Phi) is 5.47. The van der Waals surface area contributed by atoms with E-state index in [-0.39, 0.29) is 17.3 Å². The molecule has 3 heteroatoms. The van der Waals surface area contributed by atoms with Crippen molar-refractivity contribution in [2.45, 2.75) is 41.0 Å². The van der Waals surface area contributed by atoms with Gasteiger partial charge in [-0.25, -0.2) is 0 Å². The third kappa shape index (κ3) is 2.40. The van der Waals surface area contributed by atoms with Crippen molar-refractivity contribution in [3.63, 3.8) is 0 Å². The lowest BCUT2D eigenvalue weighted by molar-refractivity contribution is -0.173. The minimum Gasteiger partial charge on any atom is -0.469 e. The molecule has 16 heavy (non-hydrogen) atoms. The highest BCUT2D eigenvalue weighted by Gasteiger charge is 2.53. The second-order valence-electron chi connectivity index (χ2n) is 5.29. The topological polar surface area (TPSA) is 35.5 Å². The van der Waals surface area contributed by atoms with Crippen LogP contribution in [0.25, 0.3) is 0 Å². The second kappa shape index (κ2) is 5.67. The number of hydrogen-bond acceptors (Lipinski definition) is 3. The van der Waals surface area contributed by atoms with Crippen LogP contribution in [-0.4, -0.2) is 26.8 Å². The first-order chi connectivity index (χ1) is 7.30. The Hall–Kier alpha value is -0.570. The van der Waals surface area contributed by atoms with Crippen molar-refractivity contribution >= 4 is 5.97 Å². The molecule has 0 saturated carbocycles. The number of esters is 1. The van der Waals surface area contributed by atoms with E-state index in [0.717, 1.165) is 6.42 Å². The van der Waals surface area contributed by atoms with Crippen molar-refractivity contribution < 1.29 is 14.3 Å². The van der Waals surface area contributed by atoms with Gasteiger partial charge in [-0.15, -0.1) is 0 Å². The monoisotopic (exact) mass is 230 g/mol. The molecule has 0 aliphatic heterocycles. The Labute approximate surface area is 99.5 Å². The highest BCUT2D eigenvalue weighted by molar-refractivity contribution is 5.78. The van der Waals surface area contributed by atoms with Gasteiger partial charge in [0.25, 0.3) is 0 Å². The predicted octanol–water partition coefficient (Wildman–Crippen LogP) is 2.88.